The molecule has 2 nitrogen and oxygen atoms in total. The van der Waals surface area contributed by atoms with Gasteiger partial charge in [0.1, 0.15) is 5.78 Å². The summed E-state index contributed by atoms with van der Waals surface area (Å²) in [7, 11) is 0. The number of nitrogens with two attached hydrogens (primary N) is 1. The molecule has 14 heavy (non-hydrogen) atoms. The molecule has 0 amide bonds. The lowest BCUT2D eigenvalue weighted by molar-refractivity contribution is -0.123. The number of hydrogen-bond donors (Lipinski definition) is 1. The SMILES string of the molecule is NC1CCC(CC(=O)C2CCCC2)C1. The molecule has 2 rings (SSSR count). The summed E-state index contributed by atoms with van der Waals surface area (Å²) in [5.41, 5.74) is 5.84. The summed E-state index contributed by atoms with van der Waals surface area (Å²) in [6, 6.07) is 0.372. The molecule has 0 aromatic heterocycles. The Morgan fingerprint density at radius 1 is 1.14 bits per heavy atom. The summed E-state index contributed by atoms with van der Waals surface area (Å²) >= 11 is 0. The zero-order valence-electron chi connectivity index (χ0n) is 8.87. The molecule has 2 aliphatic rings. The summed E-state index contributed by atoms with van der Waals surface area (Å²) < 4.78 is 0. The Labute approximate surface area is 86.2 Å². The van der Waals surface area contributed by atoms with Crippen molar-refractivity contribution in [1.82, 2.24) is 0 Å². The fraction of sp³-hybridized carbons (Fsp3) is 0.917. The molecule has 80 valence electrons. The first-order chi connectivity index (χ1) is 6.75. The molecule has 2 atom stereocenters. The van der Waals surface area contributed by atoms with Gasteiger partial charge >= 0.3 is 0 Å². The van der Waals surface area contributed by atoms with E-state index in [1.165, 1.54) is 19.3 Å². The number of carbonyl (C=O) groups excluding carboxylic acids is 1. The Kier molecular flexibility index (Phi) is 3.22. The van der Waals surface area contributed by atoms with Gasteiger partial charge < -0.3 is 5.73 Å². The molecule has 0 aromatic rings. The molecule has 2 saturated carbocycles. The van der Waals surface area contributed by atoms with Crippen molar-refractivity contribution >= 4 is 5.78 Å². The Morgan fingerprint density at radius 2 is 1.86 bits per heavy atom. The molecule has 0 heterocycles. The van der Waals surface area contributed by atoms with Gasteiger partial charge in [0, 0.05) is 18.4 Å². The van der Waals surface area contributed by atoms with Crippen molar-refractivity contribution < 1.29 is 4.79 Å². The van der Waals surface area contributed by atoms with Gasteiger partial charge in [-0.05, 0) is 38.0 Å². The molecule has 0 spiro atoms. The molecule has 0 bridgehead atoms. The first-order valence-corrected chi connectivity index (χ1v) is 6.04. The summed E-state index contributed by atoms with van der Waals surface area (Å²) in [5, 5.41) is 0. The highest BCUT2D eigenvalue weighted by atomic mass is 16.1. The minimum Gasteiger partial charge on any atom is -0.328 e. The fourth-order valence-corrected chi connectivity index (χ4v) is 3.00. The lowest BCUT2D eigenvalue weighted by atomic mass is 9.92. The van der Waals surface area contributed by atoms with Crippen molar-refractivity contribution in [1.29, 1.82) is 0 Å². The molecule has 0 aromatic carbocycles. The third-order valence-corrected chi connectivity index (χ3v) is 3.88. The highest BCUT2D eigenvalue weighted by Crippen LogP contribution is 2.32. The molecule has 2 fully saturated rings. The molecule has 0 saturated heterocycles. The van der Waals surface area contributed by atoms with E-state index in [0.717, 1.165) is 32.1 Å². The average Bonchev–Trinajstić information content (AvgIpc) is 2.75. The topological polar surface area (TPSA) is 43.1 Å². The van der Waals surface area contributed by atoms with Crippen LogP contribution in [0.5, 0.6) is 0 Å². The molecular weight excluding hydrogens is 174 g/mol. The highest BCUT2D eigenvalue weighted by Gasteiger charge is 2.28. The van der Waals surface area contributed by atoms with Crippen LogP contribution in [0.15, 0.2) is 0 Å². The van der Waals surface area contributed by atoms with Crippen LogP contribution in [0.2, 0.25) is 0 Å². The maximum absolute atomic E-state index is 11.9. The van der Waals surface area contributed by atoms with Gasteiger partial charge in [-0.2, -0.15) is 0 Å². The fourth-order valence-electron chi connectivity index (χ4n) is 3.00. The van der Waals surface area contributed by atoms with Crippen LogP contribution in [0.25, 0.3) is 0 Å². The minimum atomic E-state index is 0.372. The van der Waals surface area contributed by atoms with Crippen molar-refractivity contribution in [3.63, 3.8) is 0 Å². The van der Waals surface area contributed by atoms with Crippen LogP contribution in [0, 0.1) is 11.8 Å². The third kappa shape index (κ3) is 2.35. The van der Waals surface area contributed by atoms with E-state index in [1.807, 2.05) is 0 Å². The van der Waals surface area contributed by atoms with E-state index in [1.54, 1.807) is 0 Å². The predicted molar refractivity (Wildman–Crippen MR) is 56.9 cm³/mol. The van der Waals surface area contributed by atoms with Gasteiger partial charge in [-0.3, -0.25) is 4.79 Å². The van der Waals surface area contributed by atoms with E-state index in [-0.39, 0.29) is 0 Å². The molecule has 2 unspecified atom stereocenters. The Morgan fingerprint density at radius 3 is 2.43 bits per heavy atom. The molecule has 2 aliphatic carbocycles. The second-order valence-corrected chi connectivity index (χ2v) is 5.09. The van der Waals surface area contributed by atoms with Crippen molar-refractivity contribution in [3.8, 4) is 0 Å². The van der Waals surface area contributed by atoms with Gasteiger partial charge in [-0.1, -0.05) is 12.8 Å². The van der Waals surface area contributed by atoms with Crippen LogP contribution < -0.4 is 5.73 Å². The van der Waals surface area contributed by atoms with Gasteiger partial charge in [0.15, 0.2) is 0 Å². The summed E-state index contributed by atoms with van der Waals surface area (Å²) in [6.07, 6.45) is 9.04. The van der Waals surface area contributed by atoms with Crippen LogP contribution in [0.1, 0.15) is 51.4 Å². The first kappa shape index (κ1) is 10.2. The number of Topliss-reactive ketones (excluding diaryl/α,β-unsaturated/α-hetero) is 1. The quantitative estimate of drug-likeness (QED) is 0.750. The van der Waals surface area contributed by atoms with E-state index >= 15 is 0 Å². The van der Waals surface area contributed by atoms with Gasteiger partial charge in [-0.15, -0.1) is 0 Å². The Bertz CT molecular complexity index is 208. The lowest BCUT2D eigenvalue weighted by Gasteiger charge is -2.12. The van der Waals surface area contributed by atoms with Gasteiger partial charge in [-0.25, -0.2) is 0 Å². The van der Waals surface area contributed by atoms with Crippen LogP contribution in [-0.4, -0.2) is 11.8 Å². The molecule has 2 heteroatoms. The zero-order chi connectivity index (χ0) is 9.97. The zero-order valence-corrected chi connectivity index (χ0v) is 8.87. The van der Waals surface area contributed by atoms with Crippen molar-refractivity contribution in [2.45, 2.75) is 57.4 Å². The number of rotatable bonds is 3. The smallest absolute Gasteiger partial charge is 0.136 e. The van der Waals surface area contributed by atoms with Gasteiger partial charge in [0.25, 0.3) is 0 Å². The standard InChI is InChI=1S/C12H21NO/c13-11-6-5-9(7-11)8-12(14)10-3-1-2-4-10/h9-11H,1-8,13H2. The summed E-state index contributed by atoms with van der Waals surface area (Å²) in [4.78, 5) is 11.9. The Balaban J connectivity index is 1.76. The summed E-state index contributed by atoms with van der Waals surface area (Å²) in [6.45, 7) is 0. The Hall–Kier alpha value is -0.370. The predicted octanol–water partition coefficient (Wildman–Crippen LogP) is 2.26. The van der Waals surface area contributed by atoms with Crippen LogP contribution >= 0.6 is 0 Å². The van der Waals surface area contributed by atoms with Crippen molar-refractivity contribution in [2.75, 3.05) is 0 Å². The van der Waals surface area contributed by atoms with Crippen LogP contribution in [0.4, 0.5) is 0 Å². The van der Waals surface area contributed by atoms with Crippen molar-refractivity contribution in [3.05, 3.63) is 0 Å². The molecule has 0 aliphatic heterocycles. The second kappa shape index (κ2) is 4.43. The number of ketones is 1. The highest BCUT2D eigenvalue weighted by molar-refractivity contribution is 5.81. The van der Waals surface area contributed by atoms with Crippen LogP contribution in [0.3, 0.4) is 0 Å². The normalized spacial score (nSPS) is 33.8. The molecule has 2 N–H and O–H groups in total. The van der Waals surface area contributed by atoms with Crippen LogP contribution in [-0.2, 0) is 4.79 Å². The van der Waals surface area contributed by atoms with E-state index in [0.29, 0.717) is 23.7 Å². The minimum absolute atomic E-state index is 0.372. The third-order valence-electron chi connectivity index (χ3n) is 3.88. The van der Waals surface area contributed by atoms with E-state index in [2.05, 4.69) is 0 Å². The van der Waals surface area contributed by atoms with Crippen molar-refractivity contribution in [2.24, 2.45) is 17.6 Å². The van der Waals surface area contributed by atoms with E-state index < -0.39 is 0 Å². The average molecular weight is 195 g/mol. The number of hydrogen-bond acceptors (Lipinski definition) is 2. The maximum Gasteiger partial charge on any atom is 0.136 e. The summed E-state index contributed by atoms with van der Waals surface area (Å²) in [5.74, 6) is 1.55. The second-order valence-electron chi connectivity index (χ2n) is 5.09. The monoisotopic (exact) mass is 195 g/mol. The van der Waals surface area contributed by atoms with Gasteiger partial charge in [0.2, 0.25) is 0 Å². The molecule has 0 radical (unpaired) electrons. The molecular formula is C12H21NO. The van der Waals surface area contributed by atoms with E-state index in [4.69, 9.17) is 5.73 Å². The number of carbonyl (C=O) groups is 1. The lowest BCUT2D eigenvalue weighted by Crippen LogP contribution is -2.17. The largest absolute Gasteiger partial charge is 0.328 e. The van der Waals surface area contributed by atoms with E-state index in [9.17, 15) is 4.79 Å². The maximum atomic E-state index is 11.9. The van der Waals surface area contributed by atoms with Gasteiger partial charge in [0.05, 0.1) is 0 Å². The first-order valence-electron chi connectivity index (χ1n) is 6.04.